The number of aryl methyl sites for hydroxylation is 1. The molecule has 25 heavy (non-hydrogen) atoms. The van der Waals surface area contributed by atoms with Gasteiger partial charge in [-0.15, -0.1) is 0 Å². The van der Waals surface area contributed by atoms with E-state index in [1.165, 1.54) is 24.3 Å². The summed E-state index contributed by atoms with van der Waals surface area (Å²) in [4.78, 5) is 27.0. The molecule has 1 aliphatic heterocycles. The average molecular weight is 355 g/mol. The van der Waals surface area contributed by atoms with Crippen molar-refractivity contribution in [1.29, 1.82) is 0 Å². The van der Waals surface area contributed by atoms with Gasteiger partial charge in [0.2, 0.25) is 0 Å². The first-order valence-corrected chi connectivity index (χ1v) is 8.08. The lowest BCUT2D eigenvalue weighted by Gasteiger charge is -1.98. The number of rotatable bonds is 3. The molecule has 1 amide bonds. The zero-order valence-electron chi connectivity index (χ0n) is 13.1. The Morgan fingerprint density at radius 3 is 2.80 bits per heavy atom. The van der Waals surface area contributed by atoms with Crippen LogP contribution in [0, 0.1) is 17.0 Å². The number of benzene rings is 2. The van der Waals surface area contributed by atoms with Crippen LogP contribution in [0.1, 0.15) is 11.1 Å². The first-order valence-electron chi connectivity index (χ1n) is 7.26. The monoisotopic (exact) mass is 355 g/mol. The van der Waals surface area contributed by atoms with Crippen molar-refractivity contribution in [3.63, 3.8) is 0 Å². The van der Waals surface area contributed by atoms with E-state index in [-0.39, 0.29) is 5.91 Å². The number of carbonyl (C=O) groups is 1. The highest BCUT2D eigenvalue weighted by molar-refractivity contribution is 8.18. The molecule has 7 nitrogen and oxygen atoms in total. The van der Waals surface area contributed by atoms with Crippen molar-refractivity contribution < 1.29 is 14.8 Å². The summed E-state index contributed by atoms with van der Waals surface area (Å²) in [6, 6.07) is 11.5. The Morgan fingerprint density at radius 1 is 1.28 bits per heavy atom. The number of phenolic OH excluding ortho intramolecular Hbond substituents is 1. The summed E-state index contributed by atoms with van der Waals surface area (Å²) < 4.78 is 0. The maximum Gasteiger partial charge on any atom is 0.311 e. The van der Waals surface area contributed by atoms with Crippen molar-refractivity contribution in [1.82, 2.24) is 5.32 Å². The van der Waals surface area contributed by atoms with Gasteiger partial charge in [0.25, 0.3) is 5.91 Å². The Kier molecular flexibility index (Phi) is 4.53. The quantitative estimate of drug-likeness (QED) is 0.498. The summed E-state index contributed by atoms with van der Waals surface area (Å²) in [6.45, 7) is 1.95. The summed E-state index contributed by atoms with van der Waals surface area (Å²) in [7, 11) is 0. The fourth-order valence-electron chi connectivity index (χ4n) is 2.22. The van der Waals surface area contributed by atoms with E-state index in [1.54, 1.807) is 0 Å². The van der Waals surface area contributed by atoms with E-state index in [0.29, 0.717) is 15.6 Å². The number of phenols is 1. The number of nitrogens with zero attached hydrogens (tertiary/aromatic N) is 2. The summed E-state index contributed by atoms with van der Waals surface area (Å²) in [5.41, 5.74) is 1.82. The number of nitro benzene ring substituents is 1. The summed E-state index contributed by atoms with van der Waals surface area (Å²) in [5.74, 6) is -0.746. The van der Waals surface area contributed by atoms with E-state index in [4.69, 9.17) is 0 Å². The summed E-state index contributed by atoms with van der Waals surface area (Å²) in [5, 5.41) is 23.5. The van der Waals surface area contributed by atoms with Gasteiger partial charge in [-0.25, -0.2) is 4.99 Å². The number of amides is 1. The molecule has 0 aliphatic carbocycles. The highest BCUT2D eigenvalue weighted by Crippen LogP contribution is 2.31. The maximum atomic E-state index is 12.1. The molecule has 1 fully saturated rings. The van der Waals surface area contributed by atoms with Gasteiger partial charge in [-0.3, -0.25) is 14.9 Å². The topological polar surface area (TPSA) is 105 Å². The lowest BCUT2D eigenvalue weighted by molar-refractivity contribution is -0.385. The fraction of sp³-hybridized carbons (Fsp3) is 0.0588. The molecule has 0 spiro atoms. The SMILES string of the molecule is Cc1cccc(N=C2NC(=O)/C(=C/c3ccc(O)c([N+](=O)[O-])c3)S2)c1. The number of thioether (sulfide) groups is 1. The van der Waals surface area contributed by atoms with Gasteiger partial charge in [-0.1, -0.05) is 18.2 Å². The Morgan fingerprint density at radius 2 is 2.08 bits per heavy atom. The lowest BCUT2D eigenvalue weighted by atomic mass is 10.1. The molecule has 8 heteroatoms. The molecule has 0 unspecified atom stereocenters. The molecule has 0 saturated carbocycles. The molecule has 2 aromatic rings. The van der Waals surface area contributed by atoms with E-state index in [0.717, 1.165) is 23.0 Å². The minimum atomic E-state index is -0.677. The molecule has 3 rings (SSSR count). The number of aliphatic imine (C=N–C) groups is 1. The smallest absolute Gasteiger partial charge is 0.311 e. The Labute approximate surface area is 147 Å². The van der Waals surface area contributed by atoms with Crippen LogP contribution in [-0.2, 0) is 4.79 Å². The third-order valence-corrected chi connectivity index (χ3v) is 4.29. The number of nitrogens with one attached hydrogen (secondary N) is 1. The minimum Gasteiger partial charge on any atom is -0.502 e. The Bertz CT molecular complexity index is 937. The Balaban J connectivity index is 1.87. The van der Waals surface area contributed by atoms with Crippen LogP contribution >= 0.6 is 11.8 Å². The van der Waals surface area contributed by atoms with Crippen LogP contribution in [0.3, 0.4) is 0 Å². The van der Waals surface area contributed by atoms with Gasteiger partial charge in [0.1, 0.15) is 0 Å². The Hall–Kier alpha value is -3.13. The molecule has 1 saturated heterocycles. The second-order valence-electron chi connectivity index (χ2n) is 5.33. The highest BCUT2D eigenvalue weighted by atomic mass is 32.2. The predicted octanol–water partition coefficient (Wildman–Crippen LogP) is 3.50. The van der Waals surface area contributed by atoms with E-state index < -0.39 is 16.4 Å². The van der Waals surface area contributed by atoms with Crippen molar-refractivity contribution in [2.45, 2.75) is 6.92 Å². The molecule has 2 N–H and O–H groups in total. The number of nitro groups is 1. The number of hydrogen-bond acceptors (Lipinski definition) is 6. The normalized spacial score (nSPS) is 17.1. The third-order valence-electron chi connectivity index (χ3n) is 3.38. The highest BCUT2D eigenvalue weighted by Gasteiger charge is 2.24. The standard InChI is InChI=1S/C17H13N3O4S/c1-10-3-2-4-12(7-10)18-17-19-16(22)15(25-17)9-11-5-6-14(21)13(8-11)20(23)24/h2-9,21H,1H3,(H,18,19,22)/b15-9-. The van der Waals surface area contributed by atoms with Gasteiger partial charge in [0.05, 0.1) is 15.5 Å². The molecule has 0 bridgehead atoms. The lowest BCUT2D eigenvalue weighted by Crippen LogP contribution is -2.19. The number of aromatic hydroxyl groups is 1. The molecule has 1 aliphatic rings. The fourth-order valence-corrected chi connectivity index (χ4v) is 3.06. The van der Waals surface area contributed by atoms with Gasteiger partial charge in [-0.2, -0.15) is 0 Å². The molecular weight excluding hydrogens is 342 g/mol. The largest absolute Gasteiger partial charge is 0.502 e. The van der Waals surface area contributed by atoms with Crippen LogP contribution in [0.15, 0.2) is 52.4 Å². The maximum absolute atomic E-state index is 12.1. The van der Waals surface area contributed by atoms with E-state index in [9.17, 15) is 20.0 Å². The molecular formula is C17H13N3O4S. The zero-order valence-corrected chi connectivity index (χ0v) is 13.9. The first kappa shape index (κ1) is 16.7. The van der Waals surface area contributed by atoms with Crippen molar-refractivity contribution in [3.05, 3.63) is 68.6 Å². The van der Waals surface area contributed by atoms with Crippen LogP contribution in [0.4, 0.5) is 11.4 Å². The second-order valence-corrected chi connectivity index (χ2v) is 6.36. The minimum absolute atomic E-state index is 0.327. The average Bonchev–Trinajstić information content (AvgIpc) is 2.88. The molecule has 2 aromatic carbocycles. The van der Waals surface area contributed by atoms with Gasteiger partial charge in [-0.05, 0) is 54.1 Å². The van der Waals surface area contributed by atoms with E-state index in [2.05, 4.69) is 10.3 Å². The van der Waals surface area contributed by atoms with Gasteiger partial charge in [0, 0.05) is 6.07 Å². The van der Waals surface area contributed by atoms with Gasteiger partial charge >= 0.3 is 5.69 Å². The van der Waals surface area contributed by atoms with Crippen LogP contribution in [0.5, 0.6) is 5.75 Å². The molecule has 0 atom stereocenters. The zero-order chi connectivity index (χ0) is 18.0. The predicted molar refractivity (Wildman–Crippen MR) is 96.7 cm³/mol. The van der Waals surface area contributed by atoms with Crippen molar-refractivity contribution >= 4 is 40.3 Å². The van der Waals surface area contributed by atoms with Gasteiger partial charge in [0.15, 0.2) is 10.9 Å². The molecule has 1 heterocycles. The van der Waals surface area contributed by atoms with Gasteiger partial charge < -0.3 is 10.4 Å². The molecule has 0 radical (unpaired) electrons. The van der Waals surface area contributed by atoms with Crippen LogP contribution in [0.2, 0.25) is 0 Å². The van der Waals surface area contributed by atoms with Crippen LogP contribution < -0.4 is 5.32 Å². The third kappa shape index (κ3) is 3.86. The van der Waals surface area contributed by atoms with Crippen LogP contribution in [0.25, 0.3) is 6.08 Å². The number of amidine groups is 1. The van der Waals surface area contributed by atoms with E-state index in [1.807, 2.05) is 31.2 Å². The van der Waals surface area contributed by atoms with Crippen molar-refractivity contribution in [3.8, 4) is 5.75 Å². The van der Waals surface area contributed by atoms with Crippen molar-refractivity contribution in [2.24, 2.45) is 4.99 Å². The number of hydrogen-bond donors (Lipinski definition) is 2. The number of carbonyl (C=O) groups excluding carboxylic acids is 1. The van der Waals surface area contributed by atoms with Crippen LogP contribution in [-0.4, -0.2) is 21.1 Å². The summed E-state index contributed by atoms with van der Waals surface area (Å²) >= 11 is 1.15. The molecule has 126 valence electrons. The van der Waals surface area contributed by atoms with Crippen molar-refractivity contribution in [2.75, 3.05) is 0 Å². The molecule has 0 aromatic heterocycles. The second kappa shape index (κ2) is 6.78. The van der Waals surface area contributed by atoms with E-state index >= 15 is 0 Å². The first-order chi connectivity index (χ1) is 11.9. The summed E-state index contributed by atoms with van der Waals surface area (Å²) in [6.07, 6.45) is 1.52.